The quantitative estimate of drug-likeness (QED) is 0.494. The first-order chi connectivity index (χ1) is 12.3. The Morgan fingerprint density at radius 2 is 2.04 bits per heavy atom. The summed E-state index contributed by atoms with van der Waals surface area (Å²) in [6, 6.07) is 2.14. The molecule has 1 aromatic heterocycles. The number of aromatic amines is 1. The molecule has 0 saturated carbocycles. The summed E-state index contributed by atoms with van der Waals surface area (Å²) in [6.45, 7) is 0. The van der Waals surface area contributed by atoms with Gasteiger partial charge in [0.1, 0.15) is 11.6 Å². The Morgan fingerprint density at radius 1 is 1.27 bits per heavy atom. The molecule has 4 nitrogen and oxygen atoms in total. The summed E-state index contributed by atoms with van der Waals surface area (Å²) < 4.78 is 57.2. The summed E-state index contributed by atoms with van der Waals surface area (Å²) in [4.78, 5) is 0. The van der Waals surface area contributed by atoms with Gasteiger partial charge in [0.15, 0.2) is 5.60 Å². The number of nitrogens with one attached hydrogen (secondary N) is 2. The minimum atomic E-state index is -3.73. The van der Waals surface area contributed by atoms with Crippen molar-refractivity contribution in [3.8, 4) is 0 Å². The third kappa shape index (κ3) is 4.32. The zero-order valence-electron chi connectivity index (χ0n) is 14.0. The van der Waals surface area contributed by atoms with Crippen molar-refractivity contribution in [3.05, 3.63) is 77.8 Å². The molecule has 140 valence electrons. The van der Waals surface area contributed by atoms with Crippen molar-refractivity contribution in [2.75, 3.05) is 7.05 Å². The van der Waals surface area contributed by atoms with Crippen LogP contribution in [0.25, 0.3) is 0 Å². The molecule has 1 unspecified atom stereocenters. The van der Waals surface area contributed by atoms with Crippen LogP contribution in [0.1, 0.15) is 17.5 Å². The van der Waals surface area contributed by atoms with E-state index < -0.39 is 41.6 Å². The van der Waals surface area contributed by atoms with Gasteiger partial charge in [0, 0.05) is 37.7 Å². The molecule has 1 atom stereocenters. The standard InChI is InChI=1S/C18H19F4N3O/c1-23-8-4-2-3-7-18(21,22)17(26,10-13-11-24-25-12-13)15-6-5-14(19)9-16(15)20/h2-6,8-9,11-12,23,26H,7,10H2,1H3,(H,24,25)/b3-2-,8-4-. The maximum absolute atomic E-state index is 14.9. The van der Waals surface area contributed by atoms with Crippen LogP contribution >= 0.6 is 0 Å². The van der Waals surface area contributed by atoms with E-state index in [4.69, 9.17) is 0 Å². The van der Waals surface area contributed by atoms with Crippen LogP contribution in [0.5, 0.6) is 0 Å². The first kappa shape index (κ1) is 19.7. The average Bonchev–Trinajstić information content (AvgIpc) is 3.07. The van der Waals surface area contributed by atoms with Crippen LogP contribution in [-0.2, 0) is 12.0 Å². The molecule has 0 spiro atoms. The predicted molar refractivity (Wildman–Crippen MR) is 89.5 cm³/mol. The Balaban J connectivity index is 2.42. The SMILES string of the molecule is CN/C=C\C=C/CC(F)(F)C(O)(Cc1cn[nH]c1)c1ccc(F)cc1F. The highest BCUT2D eigenvalue weighted by Gasteiger charge is 2.54. The fourth-order valence-electron chi connectivity index (χ4n) is 2.53. The third-order valence-corrected chi connectivity index (χ3v) is 3.88. The van der Waals surface area contributed by atoms with Crippen molar-refractivity contribution in [1.29, 1.82) is 0 Å². The number of aromatic nitrogens is 2. The minimum absolute atomic E-state index is 0.259. The Morgan fingerprint density at radius 3 is 2.65 bits per heavy atom. The Labute approximate surface area is 148 Å². The molecule has 8 heteroatoms. The Bertz CT molecular complexity index is 775. The number of aliphatic hydroxyl groups is 1. The van der Waals surface area contributed by atoms with E-state index in [1.165, 1.54) is 30.7 Å². The van der Waals surface area contributed by atoms with Crippen LogP contribution in [0.4, 0.5) is 17.6 Å². The van der Waals surface area contributed by atoms with Gasteiger partial charge < -0.3 is 10.4 Å². The number of benzene rings is 1. The second-order valence-corrected chi connectivity index (χ2v) is 5.75. The van der Waals surface area contributed by atoms with Gasteiger partial charge in [-0.1, -0.05) is 18.2 Å². The molecular weight excluding hydrogens is 350 g/mol. The van der Waals surface area contributed by atoms with Crippen LogP contribution < -0.4 is 5.32 Å². The number of rotatable bonds is 8. The highest BCUT2D eigenvalue weighted by molar-refractivity contribution is 5.30. The maximum Gasteiger partial charge on any atom is 0.284 e. The summed E-state index contributed by atoms with van der Waals surface area (Å²) in [7, 11) is 1.65. The number of nitrogens with zero attached hydrogens (tertiary/aromatic N) is 1. The molecule has 0 fully saturated rings. The van der Waals surface area contributed by atoms with E-state index in [0.29, 0.717) is 6.07 Å². The lowest BCUT2D eigenvalue weighted by atomic mass is 9.80. The molecule has 2 rings (SSSR count). The topological polar surface area (TPSA) is 60.9 Å². The lowest BCUT2D eigenvalue weighted by Gasteiger charge is -2.36. The van der Waals surface area contributed by atoms with Crippen molar-refractivity contribution >= 4 is 0 Å². The molecule has 2 aromatic rings. The van der Waals surface area contributed by atoms with Crippen molar-refractivity contribution in [2.24, 2.45) is 0 Å². The molecule has 0 aliphatic heterocycles. The fraction of sp³-hybridized carbons (Fsp3) is 0.278. The highest BCUT2D eigenvalue weighted by atomic mass is 19.3. The summed E-state index contributed by atoms with van der Waals surface area (Å²) in [5.41, 5.74) is -3.30. The molecule has 0 radical (unpaired) electrons. The van der Waals surface area contributed by atoms with Gasteiger partial charge in [-0.3, -0.25) is 5.10 Å². The van der Waals surface area contributed by atoms with Crippen LogP contribution in [-0.4, -0.2) is 28.3 Å². The number of hydrogen-bond acceptors (Lipinski definition) is 3. The largest absolute Gasteiger partial charge is 0.394 e. The van der Waals surface area contributed by atoms with Crippen LogP contribution in [0.15, 0.2) is 55.0 Å². The van der Waals surface area contributed by atoms with E-state index in [9.17, 15) is 22.7 Å². The predicted octanol–water partition coefficient (Wildman–Crippen LogP) is 3.43. The van der Waals surface area contributed by atoms with Crippen LogP contribution in [0.2, 0.25) is 0 Å². The molecule has 26 heavy (non-hydrogen) atoms. The van der Waals surface area contributed by atoms with Crippen molar-refractivity contribution in [2.45, 2.75) is 24.4 Å². The van der Waals surface area contributed by atoms with Gasteiger partial charge in [0.2, 0.25) is 0 Å². The van der Waals surface area contributed by atoms with E-state index in [2.05, 4.69) is 15.5 Å². The molecule has 0 aliphatic rings. The van der Waals surface area contributed by atoms with E-state index in [-0.39, 0.29) is 5.56 Å². The van der Waals surface area contributed by atoms with Gasteiger partial charge in [-0.15, -0.1) is 0 Å². The highest BCUT2D eigenvalue weighted by Crippen LogP contribution is 2.43. The van der Waals surface area contributed by atoms with E-state index in [1.807, 2.05) is 0 Å². The van der Waals surface area contributed by atoms with Crippen LogP contribution in [0, 0.1) is 11.6 Å². The number of H-pyrrole nitrogens is 1. The van der Waals surface area contributed by atoms with Gasteiger partial charge in [0.05, 0.1) is 6.20 Å². The molecule has 1 heterocycles. The van der Waals surface area contributed by atoms with E-state index >= 15 is 0 Å². The summed E-state index contributed by atoms with van der Waals surface area (Å²) in [5.74, 6) is -5.89. The molecule has 0 saturated heterocycles. The zero-order valence-corrected chi connectivity index (χ0v) is 14.0. The van der Waals surface area contributed by atoms with E-state index in [1.54, 1.807) is 7.05 Å². The fourth-order valence-corrected chi connectivity index (χ4v) is 2.53. The van der Waals surface area contributed by atoms with Gasteiger partial charge in [-0.2, -0.15) is 5.10 Å². The Hall–Kier alpha value is -2.61. The molecule has 0 amide bonds. The molecule has 0 aliphatic carbocycles. The Kier molecular flexibility index (Phi) is 6.20. The molecule has 0 bridgehead atoms. The first-order valence-corrected chi connectivity index (χ1v) is 7.82. The number of allylic oxidation sites excluding steroid dienone is 3. The summed E-state index contributed by atoms with van der Waals surface area (Å²) in [5, 5.41) is 19.6. The van der Waals surface area contributed by atoms with Crippen molar-refractivity contribution < 1.29 is 22.7 Å². The second kappa shape index (κ2) is 8.18. The average molecular weight is 369 g/mol. The monoisotopic (exact) mass is 369 g/mol. The molecular formula is C18H19F4N3O. The van der Waals surface area contributed by atoms with Crippen molar-refractivity contribution in [3.63, 3.8) is 0 Å². The third-order valence-electron chi connectivity index (χ3n) is 3.88. The van der Waals surface area contributed by atoms with Crippen molar-refractivity contribution in [1.82, 2.24) is 15.5 Å². The number of halogens is 4. The molecule has 3 N–H and O–H groups in total. The summed E-state index contributed by atoms with van der Waals surface area (Å²) in [6.07, 6.45) is 6.72. The van der Waals surface area contributed by atoms with Gasteiger partial charge in [-0.05, 0) is 23.9 Å². The summed E-state index contributed by atoms with van der Waals surface area (Å²) >= 11 is 0. The normalized spacial score (nSPS) is 14.8. The van der Waals surface area contributed by atoms with Gasteiger partial charge in [0.25, 0.3) is 5.92 Å². The van der Waals surface area contributed by atoms with Gasteiger partial charge >= 0.3 is 0 Å². The van der Waals surface area contributed by atoms with E-state index in [0.717, 1.165) is 18.2 Å². The lowest BCUT2D eigenvalue weighted by molar-refractivity contribution is -0.186. The minimum Gasteiger partial charge on any atom is -0.394 e. The smallest absolute Gasteiger partial charge is 0.284 e. The number of alkyl halides is 2. The maximum atomic E-state index is 14.9. The van der Waals surface area contributed by atoms with Crippen LogP contribution in [0.3, 0.4) is 0 Å². The lowest BCUT2D eigenvalue weighted by Crippen LogP contribution is -2.47. The second-order valence-electron chi connectivity index (χ2n) is 5.75. The van der Waals surface area contributed by atoms with Gasteiger partial charge in [-0.25, -0.2) is 17.6 Å². The molecule has 1 aromatic carbocycles. The first-order valence-electron chi connectivity index (χ1n) is 7.82. The zero-order chi connectivity index (χ0) is 19.2. The number of hydrogen-bond donors (Lipinski definition) is 3.